The molecule has 0 amide bonds. The molecule has 0 unspecified atom stereocenters. The number of hydrogen-bond donors (Lipinski definition) is 2. The molecule has 2 aromatic carbocycles. The molecule has 0 saturated carbocycles. The molecule has 0 heterocycles. The standard InChI is InChI=1S/C13H12BrFN2O2S/c14-10-3-6-13(12(15)7-10)17-20(18,19)8-9-1-4-11(16)5-2-9/h1-7,17H,8,16H2. The normalized spacial score (nSPS) is 11.3. The predicted molar refractivity (Wildman–Crippen MR) is 81.2 cm³/mol. The second-order valence-electron chi connectivity index (χ2n) is 4.23. The van der Waals surface area contributed by atoms with Crippen molar-refractivity contribution in [2.45, 2.75) is 5.75 Å². The van der Waals surface area contributed by atoms with Crippen molar-refractivity contribution in [2.24, 2.45) is 0 Å². The van der Waals surface area contributed by atoms with Gasteiger partial charge in [0.25, 0.3) is 0 Å². The lowest BCUT2D eigenvalue weighted by atomic mass is 10.2. The minimum Gasteiger partial charge on any atom is -0.399 e. The van der Waals surface area contributed by atoms with Crippen molar-refractivity contribution in [2.75, 3.05) is 10.5 Å². The molecular weight excluding hydrogens is 347 g/mol. The van der Waals surface area contributed by atoms with E-state index in [2.05, 4.69) is 20.7 Å². The number of sulfonamides is 1. The summed E-state index contributed by atoms with van der Waals surface area (Å²) in [7, 11) is -3.68. The Morgan fingerprint density at radius 2 is 1.80 bits per heavy atom. The van der Waals surface area contributed by atoms with Crippen LogP contribution in [0.2, 0.25) is 0 Å². The van der Waals surface area contributed by atoms with Gasteiger partial charge in [-0.2, -0.15) is 0 Å². The van der Waals surface area contributed by atoms with E-state index >= 15 is 0 Å². The van der Waals surface area contributed by atoms with E-state index in [-0.39, 0.29) is 11.4 Å². The van der Waals surface area contributed by atoms with Crippen LogP contribution in [-0.4, -0.2) is 8.42 Å². The minimum absolute atomic E-state index is 0.0800. The van der Waals surface area contributed by atoms with Crippen LogP contribution in [0.3, 0.4) is 0 Å². The highest BCUT2D eigenvalue weighted by atomic mass is 79.9. The molecule has 0 aliphatic heterocycles. The zero-order valence-electron chi connectivity index (χ0n) is 10.3. The van der Waals surface area contributed by atoms with Crippen molar-refractivity contribution in [1.29, 1.82) is 0 Å². The van der Waals surface area contributed by atoms with Gasteiger partial charge in [-0.15, -0.1) is 0 Å². The molecule has 2 rings (SSSR count). The first-order chi connectivity index (χ1) is 9.35. The molecule has 0 aromatic heterocycles. The number of benzene rings is 2. The van der Waals surface area contributed by atoms with Crippen LogP contribution in [0, 0.1) is 5.82 Å². The Morgan fingerprint density at radius 3 is 2.40 bits per heavy atom. The molecule has 7 heteroatoms. The highest BCUT2D eigenvalue weighted by Crippen LogP contribution is 2.21. The Kier molecular flexibility index (Phi) is 4.29. The number of nitrogens with two attached hydrogens (primary N) is 1. The van der Waals surface area contributed by atoms with Gasteiger partial charge in [0.1, 0.15) is 5.82 Å². The zero-order valence-corrected chi connectivity index (χ0v) is 12.7. The van der Waals surface area contributed by atoms with Crippen molar-refractivity contribution >= 4 is 37.3 Å². The molecule has 3 N–H and O–H groups in total. The Bertz CT molecular complexity index is 718. The van der Waals surface area contributed by atoms with Crippen molar-refractivity contribution in [3.05, 3.63) is 58.3 Å². The summed E-state index contributed by atoms with van der Waals surface area (Å²) in [5.41, 5.74) is 6.58. The van der Waals surface area contributed by atoms with Crippen LogP contribution < -0.4 is 10.5 Å². The summed E-state index contributed by atoms with van der Waals surface area (Å²) >= 11 is 3.11. The maximum Gasteiger partial charge on any atom is 0.237 e. The summed E-state index contributed by atoms with van der Waals surface area (Å²) in [5.74, 6) is -0.886. The third-order valence-electron chi connectivity index (χ3n) is 2.53. The molecule has 0 atom stereocenters. The number of hydrogen-bond acceptors (Lipinski definition) is 3. The van der Waals surface area contributed by atoms with E-state index in [1.165, 1.54) is 12.1 Å². The number of nitrogen functional groups attached to an aromatic ring is 1. The van der Waals surface area contributed by atoms with Crippen LogP contribution in [-0.2, 0) is 15.8 Å². The van der Waals surface area contributed by atoms with E-state index in [0.29, 0.717) is 15.7 Å². The summed E-state index contributed by atoms with van der Waals surface area (Å²) in [6.45, 7) is 0. The number of halogens is 2. The molecule has 0 bridgehead atoms. The van der Waals surface area contributed by atoms with Crippen LogP contribution in [0.15, 0.2) is 46.9 Å². The van der Waals surface area contributed by atoms with Gasteiger partial charge in [-0.25, -0.2) is 12.8 Å². The van der Waals surface area contributed by atoms with E-state index in [1.54, 1.807) is 30.3 Å². The van der Waals surface area contributed by atoms with E-state index in [9.17, 15) is 12.8 Å². The average Bonchev–Trinajstić information content (AvgIpc) is 2.35. The van der Waals surface area contributed by atoms with Gasteiger partial charge in [0.15, 0.2) is 0 Å². The van der Waals surface area contributed by atoms with Crippen LogP contribution in [0.1, 0.15) is 5.56 Å². The molecule has 0 saturated heterocycles. The third-order valence-corrected chi connectivity index (χ3v) is 4.27. The Labute approximate surface area is 125 Å². The van der Waals surface area contributed by atoms with Gasteiger partial charge in [-0.1, -0.05) is 28.1 Å². The molecule has 0 spiro atoms. The fourth-order valence-corrected chi connectivity index (χ4v) is 3.15. The van der Waals surface area contributed by atoms with E-state index in [1.807, 2.05) is 0 Å². The highest BCUT2D eigenvalue weighted by molar-refractivity contribution is 9.10. The number of nitrogens with one attached hydrogen (secondary N) is 1. The molecule has 0 fully saturated rings. The van der Waals surface area contributed by atoms with E-state index < -0.39 is 15.8 Å². The van der Waals surface area contributed by atoms with Crippen molar-refractivity contribution in [3.8, 4) is 0 Å². The maximum absolute atomic E-state index is 13.6. The predicted octanol–water partition coefficient (Wildman–Crippen LogP) is 3.11. The van der Waals surface area contributed by atoms with Gasteiger partial charge in [-0.3, -0.25) is 4.72 Å². The molecule has 2 aromatic rings. The van der Waals surface area contributed by atoms with Gasteiger partial charge in [0.2, 0.25) is 10.0 Å². The third kappa shape index (κ3) is 3.94. The fourth-order valence-electron chi connectivity index (χ4n) is 1.61. The van der Waals surface area contributed by atoms with Crippen molar-refractivity contribution in [3.63, 3.8) is 0 Å². The van der Waals surface area contributed by atoms with E-state index in [4.69, 9.17) is 5.73 Å². The maximum atomic E-state index is 13.6. The number of anilines is 2. The summed E-state index contributed by atoms with van der Waals surface area (Å²) in [6.07, 6.45) is 0. The van der Waals surface area contributed by atoms with Crippen LogP contribution >= 0.6 is 15.9 Å². The summed E-state index contributed by atoms with van der Waals surface area (Å²) in [4.78, 5) is 0. The van der Waals surface area contributed by atoms with Gasteiger partial charge < -0.3 is 5.73 Å². The summed E-state index contributed by atoms with van der Waals surface area (Å²) in [6, 6.07) is 10.6. The van der Waals surface area contributed by atoms with E-state index in [0.717, 1.165) is 0 Å². The quantitative estimate of drug-likeness (QED) is 0.824. The lowest BCUT2D eigenvalue weighted by molar-refractivity contribution is 0.597. The number of rotatable bonds is 4. The Hall–Kier alpha value is -1.60. The summed E-state index contributed by atoms with van der Waals surface area (Å²) in [5, 5.41) is 0. The summed E-state index contributed by atoms with van der Waals surface area (Å²) < 4.78 is 40.3. The molecular formula is C13H12BrFN2O2S. The molecule has 0 aliphatic rings. The average molecular weight is 359 g/mol. The fraction of sp³-hybridized carbons (Fsp3) is 0.0769. The molecule has 4 nitrogen and oxygen atoms in total. The minimum atomic E-state index is -3.68. The SMILES string of the molecule is Nc1ccc(CS(=O)(=O)Nc2ccc(Br)cc2F)cc1. The van der Waals surface area contributed by atoms with Crippen LogP contribution in [0.5, 0.6) is 0 Å². The smallest absolute Gasteiger partial charge is 0.237 e. The second-order valence-corrected chi connectivity index (χ2v) is 6.86. The van der Waals surface area contributed by atoms with Gasteiger partial charge in [-0.05, 0) is 35.9 Å². The second kappa shape index (κ2) is 5.80. The molecule has 0 radical (unpaired) electrons. The van der Waals surface area contributed by atoms with Gasteiger partial charge in [0, 0.05) is 10.2 Å². The first kappa shape index (κ1) is 14.8. The largest absolute Gasteiger partial charge is 0.399 e. The monoisotopic (exact) mass is 358 g/mol. The Balaban J connectivity index is 2.17. The van der Waals surface area contributed by atoms with Gasteiger partial charge >= 0.3 is 0 Å². The topological polar surface area (TPSA) is 72.2 Å². The lowest BCUT2D eigenvalue weighted by Crippen LogP contribution is -2.16. The highest BCUT2D eigenvalue weighted by Gasteiger charge is 2.14. The van der Waals surface area contributed by atoms with Crippen molar-refractivity contribution < 1.29 is 12.8 Å². The van der Waals surface area contributed by atoms with Crippen molar-refractivity contribution in [1.82, 2.24) is 0 Å². The molecule has 20 heavy (non-hydrogen) atoms. The first-order valence-electron chi connectivity index (χ1n) is 5.66. The molecule has 106 valence electrons. The van der Waals surface area contributed by atoms with Crippen LogP contribution in [0.25, 0.3) is 0 Å². The lowest BCUT2D eigenvalue weighted by Gasteiger charge is -2.09. The Morgan fingerprint density at radius 1 is 1.15 bits per heavy atom. The zero-order chi connectivity index (χ0) is 14.8. The first-order valence-corrected chi connectivity index (χ1v) is 8.10. The molecule has 0 aliphatic carbocycles. The van der Waals surface area contributed by atoms with Gasteiger partial charge in [0.05, 0.1) is 11.4 Å². The van der Waals surface area contributed by atoms with Crippen LogP contribution in [0.4, 0.5) is 15.8 Å².